The lowest BCUT2D eigenvalue weighted by Gasteiger charge is -2.24. The molecule has 0 unspecified atom stereocenters. The molecule has 1 aromatic heterocycles. The van der Waals surface area contributed by atoms with Crippen molar-refractivity contribution in [3.63, 3.8) is 0 Å². The van der Waals surface area contributed by atoms with E-state index in [0.29, 0.717) is 13.0 Å². The highest BCUT2D eigenvalue weighted by Gasteiger charge is 2.20. The van der Waals surface area contributed by atoms with E-state index in [1.54, 1.807) is 17.3 Å². The smallest absolute Gasteiger partial charge is 0.243 e. The number of hydrogen-bond acceptors (Lipinski definition) is 3. The molecule has 2 rings (SSSR count). The van der Waals surface area contributed by atoms with E-state index in [-0.39, 0.29) is 5.91 Å². The van der Waals surface area contributed by atoms with Crippen LogP contribution in [0.25, 0.3) is 0 Å². The van der Waals surface area contributed by atoms with Crippen molar-refractivity contribution < 1.29 is 4.79 Å². The van der Waals surface area contributed by atoms with E-state index >= 15 is 0 Å². The Labute approximate surface area is 125 Å². The maximum atomic E-state index is 12.5. The molecule has 2 N–H and O–H groups in total. The van der Waals surface area contributed by atoms with E-state index in [2.05, 4.69) is 17.1 Å². The number of nitrogens with zero attached hydrogens (tertiary/aromatic N) is 2. The quantitative estimate of drug-likeness (QED) is 0.885. The lowest BCUT2D eigenvalue weighted by atomic mass is 10.0. The van der Waals surface area contributed by atoms with Gasteiger partial charge in [-0.05, 0) is 37.5 Å². The van der Waals surface area contributed by atoms with Gasteiger partial charge in [-0.15, -0.1) is 0 Å². The van der Waals surface area contributed by atoms with Crippen LogP contribution in [0.1, 0.15) is 18.9 Å². The van der Waals surface area contributed by atoms with Crippen LogP contribution >= 0.6 is 0 Å². The molecular weight excluding hydrogens is 262 g/mol. The molecule has 0 aliphatic rings. The number of likely N-dealkylation sites (N-methyl/N-ethyl adjacent to an activating group) is 1. The maximum absolute atomic E-state index is 12.5. The second-order valence-electron chi connectivity index (χ2n) is 4.92. The predicted octanol–water partition coefficient (Wildman–Crippen LogP) is 2.39. The summed E-state index contributed by atoms with van der Waals surface area (Å²) in [6.45, 7) is 2.55. The number of rotatable bonds is 6. The number of aromatic nitrogens is 1. The Morgan fingerprint density at radius 2 is 1.86 bits per heavy atom. The Kier molecular flexibility index (Phi) is 5.46. The molecule has 4 heteroatoms. The van der Waals surface area contributed by atoms with Crippen LogP contribution in [0, 0.1) is 0 Å². The van der Waals surface area contributed by atoms with E-state index in [9.17, 15) is 4.79 Å². The van der Waals surface area contributed by atoms with Crippen molar-refractivity contribution >= 4 is 11.6 Å². The number of anilines is 1. The van der Waals surface area contributed by atoms with E-state index in [1.807, 2.05) is 37.3 Å². The Bertz CT molecular complexity index is 557. The van der Waals surface area contributed by atoms with Gasteiger partial charge in [-0.1, -0.05) is 30.3 Å². The van der Waals surface area contributed by atoms with Crippen molar-refractivity contribution in [1.29, 1.82) is 0 Å². The first-order chi connectivity index (χ1) is 10.2. The molecule has 0 radical (unpaired) electrons. The van der Waals surface area contributed by atoms with E-state index in [1.165, 1.54) is 5.56 Å². The molecule has 1 atom stereocenters. The summed E-state index contributed by atoms with van der Waals surface area (Å²) in [6, 6.07) is 13.2. The van der Waals surface area contributed by atoms with Crippen molar-refractivity contribution in [3.8, 4) is 0 Å². The number of carbonyl (C=O) groups is 1. The largest absolute Gasteiger partial charge is 0.320 e. The molecule has 1 amide bonds. The van der Waals surface area contributed by atoms with Crippen LogP contribution in [-0.2, 0) is 11.2 Å². The normalized spacial score (nSPS) is 11.9. The summed E-state index contributed by atoms with van der Waals surface area (Å²) < 4.78 is 0. The summed E-state index contributed by atoms with van der Waals surface area (Å²) in [5.41, 5.74) is 8.11. The number of benzene rings is 1. The number of hydrogen-bond donors (Lipinski definition) is 1. The Morgan fingerprint density at radius 1 is 1.19 bits per heavy atom. The summed E-state index contributed by atoms with van der Waals surface area (Å²) in [6.07, 6.45) is 4.81. The van der Waals surface area contributed by atoms with Crippen LogP contribution < -0.4 is 10.6 Å². The number of amides is 1. The number of aryl methyl sites for hydroxylation is 1. The van der Waals surface area contributed by atoms with Crippen LogP contribution in [0.3, 0.4) is 0 Å². The van der Waals surface area contributed by atoms with Crippen molar-refractivity contribution in [2.24, 2.45) is 5.73 Å². The minimum Gasteiger partial charge on any atom is -0.320 e. The van der Waals surface area contributed by atoms with Crippen LogP contribution in [-0.4, -0.2) is 23.5 Å². The zero-order valence-electron chi connectivity index (χ0n) is 12.3. The highest BCUT2D eigenvalue weighted by molar-refractivity contribution is 5.96. The van der Waals surface area contributed by atoms with E-state index in [4.69, 9.17) is 5.73 Å². The van der Waals surface area contributed by atoms with Crippen LogP contribution in [0.5, 0.6) is 0 Å². The molecule has 1 heterocycles. The fourth-order valence-corrected chi connectivity index (χ4v) is 2.28. The Morgan fingerprint density at radius 3 is 2.48 bits per heavy atom. The molecule has 0 spiro atoms. The molecule has 0 aliphatic carbocycles. The lowest BCUT2D eigenvalue weighted by molar-refractivity contribution is -0.119. The molecule has 0 saturated heterocycles. The number of carbonyl (C=O) groups excluding carboxylic acids is 1. The SMILES string of the molecule is CCN(C(=O)[C@@H](N)CCc1ccccc1)c1ccncc1. The average molecular weight is 283 g/mol. The third kappa shape index (κ3) is 4.13. The van der Waals surface area contributed by atoms with Crippen molar-refractivity contribution in [2.75, 3.05) is 11.4 Å². The fourth-order valence-electron chi connectivity index (χ4n) is 2.28. The second kappa shape index (κ2) is 7.55. The lowest BCUT2D eigenvalue weighted by Crippen LogP contribution is -2.44. The zero-order chi connectivity index (χ0) is 15.1. The molecule has 0 bridgehead atoms. The summed E-state index contributed by atoms with van der Waals surface area (Å²) in [5, 5.41) is 0. The third-order valence-corrected chi connectivity index (χ3v) is 3.46. The van der Waals surface area contributed by atoms with Crippen molar-refractivity contribution in [2.45, 2.75) is 25.8 Å². The van der Waals surface area contributed by atoms with Gasteiger partial charge in [-0.3, -0.25) is 9.78 Å². The average Bonchev–Trinajstić information content (AvgIpc) is 2.55. The first-order valence-electron chi connectivity index (χ1n) is 7.23. The van der Waals surface area contributed by atoms with Crippen LogP contribution in [0.2, 0.25) is 0 Å². The van der Waals surface area contributed by atoms with Gasteiger partial charge in [0.2, 0.25) is 5.91 Å². The molecule has 0 fully saturated rings. The Balaban J connectivity index is 1.97. The molecule has 2 aromatic rings. The monoisotopic (exact) mass is 283 g/mol. The third-order valence-electron chi connectivity index (χ3n) is 3.46. The van der Waals surface area contributed by atoms with Gasteiger partial charge in [0.15, 0.2) is 0 Å². The Hall–Kier alpha value is -2.20. The standard InChI is InChI=1S/C17H21N3O/c1-2-20(15-10-12-19-13-11-15)17(21)16(18)9-8-14-6-4-3-5-7-14/h3-7,10-13,16H,2,8-9,18H2,1H3/t16-/m0/s1. The van der Waals surface area contributed by atoms with Gasteiger partial charge in [-0.2, -0.15) is 0 Å². The zero-order valence-corrected chi connectivity index (χ0v) is 12.3. The van der Waals surface area contributed by atoms with Gasteiger partial charge in [0.05, 0.1) is 6.04 Å². The molecule has 0 saturated carbocycles. The van der Waals surface area contributed by atoms with Gasteiger partial charge < -0.3 is 10.6 Å². The molecule has 4 nitrogen and oxygen atoms in total. The van der Waals surface area contributed by atoms with E-state index in [0.717, 1.165) is 12.1 Å². The summed E-state index contributed by atoms with van der Waals surface area (Å²) in [7, 11) is 0. The first-order valence-corrected chi connectivity index (χ1v) is 7.23. The summed E-state index contributed by atoms with van der Waals surface area (Å²) in [4.78, 5) is 18.2. The van der Waals surface area contributed by atoms with Gasteiger partial charge in [-0.25, -0.2) is 0 Å². The molecule has 21 heavy (non-hydrogen) atoms. The number of nitrogens with two attached hydrogens (primary N) is 1. The minimum absolute atomic E-state index is 0.0420. The number of pyridine rings is 1. The van der Waals surface area contributed by atoms with Crippen LogP contribution in [0.4, 0.5) is 5.69 Å². The van der Waals surface area contributed by atoms with Gasteiger partial charge in [0.1, 0.15) is 0 Å². The van der Waals surface area contributed by atoms with Gasteiger partial charge in [0, 0.05) is 24.6 Å². The topological polar surface area (TPSA) is 59.2 Å². The van der Waals surface area contributed by atoms with Gasteiger partial charge in [0.25, 0.3) is 0 Å². The van der Waals surface area contributed by atoms with Crippen LogP contribution in [0.15, 0.2) is 54.9 Å². The highest BCUT2D eigenvalue weighted by atomic mass is 16.2. The summed E-state index contributed by atoms with van der Waals surface area (Å²) >= 11 is 0. The maximum Gasteiger partial charge on any atom is 0.243 e. The predicted molar refractivity (Wildman–Crippen MR) is 85.0 cm³/mol. The van der Waals surface area contributed by atoms with Crippen molar-refractivity contribution in [3.05, 3.63) is 60.4 Å². The van der Waals surface area contributed by atoms with Gasteiger partial charge >= 0.3 is 0 Å². The molecule has 0 aliphatic heterocycles. The van der Waals surface area contributed by atoms with Crippen molar-refractivity contribution in [1.82, 2.24) is 4.98 Å². The highest BCUT2D eigenvalue weighted by Crippen LogP contribution is 2.14. The second-order valence-corrected chi connectivity index (χ2v) is 4.92. The summed E-state index contributed by atoms with van der Waals surface area (Å²) in [5.74, 6) is -0.0420. The molecule has 1 aromatic carbocycles. The minimum atomic E-state index is -0.488. The van der Waals surface area contributed by atoms with E-state index < -0.39 is 6.04 Å². The fraction of sp³-hybridized carbons (Fsp3) is 0.294. The molecule has 110 valence electrons. The molecular formula is C17H21N3O. The first kappa shape index (κ1) is 15.2.